The summed E-state index contributed by atoms with van der Waals surface area (Å²) < 4.78 is 0. The molecule has 16 heavy (non-hydrogen) atoms. The van der Waals surface area contributed by atoms with Crippen molar-refractivity contribution < 1.29 is 5.11 Å². The van der Waals surface area contributed by atoms with Crippen LogP contribution in [0.5, 0.6) is 0 Å². The van der Waals surface area contributed by atoms with E-state index in [0.717, 1.165) is 21.4 Å². The minimum atomic E-state index is 0.229. The first-order valence-electron chi connectivity index (χ1n) is 4.94. The number of benzene rings is 1. The number of aliphatic hydroxyl groups is 1. The maximum Gasteiger partial charge on any atom is 0.0547 e. The van der Waals surface area contributed by atoms with Gasteiger partial charge in [0.05, 0.1) is 11.6 Å². The number of hydrogen-bond acceptors (Lipinski definition) is 3. The zero-order chi connectivity index (χ0) is 12.0. The van der Waals surface area contributed by atoms with Gasteiger partial charge in [0.1, 0.15) is 0 Å². The van der Waals surface area contributed by atoms with Crippen molar-refractivity contribution in [2.45, 2.75) is 17.1 Å². The fraction of sp³-hybridized carbons (Fsp3) is 0.455. The highest BCUT2D eigenvalue weighted by atomic mass is 35.5. The Morgan fingerprint density at radius 1 is 1.31 bits per heavy atom. The normalized spacial score (nSPS) is 12.8. The summed E-state index contributed by atoms with van der Waals surface area (Å²) in [5.74, 6) is 1.96. The lowest BCUT2D eigenvalue weighted by molar-refractivity contribution is 0.300. The molecule has 0 aromatic heterocycles. The zero-order valence-corrected chi connectivity index (χ0v) is 12.1. The van der Waals surface area contributed by atoms with E-state index in [1.54, 1.807) is 29.6 Å². The van der Waals surface area contributed by atoms with Crippen molar-refractivity contribution in [2.24, 2.45) is 0 Å². The molecule has 0 amide bonds. The second-order valence-electron chi connectivity index (χ2n) is 3.29. The number of thioether (sulfide) groups is 2. The Morgan fingerprint density at radius 3 is 2.75 bits per heavy atom. The number of halogens is 2. The van der Waals surface area contributed by atoms with E-state index in [0.29, 0.717) is 10.3 Å². The van der Waals surface area contributed by atoms with Crippen LogP contribution >= 0.6 is 46.7 Å². The van der Waals surface area contributed by atoms with Crippen molar-refractivity contribution in [3.05, 3.63) is 28.2 Å². The van der Waals surface area contributed by atoms with Crippen molar-refractivity contribution in [2.75, 3.05) is 18.1 Å². The Morgan fingerprint density at radius 2 is 2.06 bits per heavy atom. The average molecular weight is 297 g/mol. The number of hydrogen-bond donors (Lipinski definition) is 1. The van der Waals surface area contributed by atoms with Crippen LogP contribution in [0.25, 0.3) is 0 Å². The van der Waals surface area contributed by atoms with E-state index < -0.39 is 0 Å². The lowest BCUT2D eigenvalue weighted by atomic mass is 10.4. The van der Waals surface area contributed by atoms with Crippen LogP contribution < -0.4 is 0 Å². The van der Waals surface area contributed by atoms with Gasteiger partial charge in [-0.3, -0.25) is 0 Å². The van der Waals surface area contributed by atoms with E-state index in [1.165, 1.54) is 0 Å². The molecule has 1 nitrogen and oxygen atoms in total. The fourth-order valence-electron chi connectivity index (χ4n) is 1.04. The molecule has 90 valence electrons. The highest BCUT2D eigenvalue weighted by Gasteiger charge is 2.03. The maximum atomic E-state index is 8.87. The van der Waals surface area contributed by atoms with E-state index >= 15 is 0 Å². The summed E-state index contributed by atoms with van der Waals surface area (Å²) >= 11 is 15.4. The third-order valence-corrected chi connectivity index (χ3v) is 5.04. The van der Waals surface area contributed by atoms with Gasteiger partial charge in [0.15, 0.2) is 0 Å². The molecule has 5 heteroatoms. The van der Waals surface area contributed by atoms with Gasteiger partial charge in [0.25, 0.3) is 0 Å². The van der Waals surface area contributed by atoms with Crippen molar-refractivity contribution in [3.8, 4) is 0 Å². The lowest BCUT2D eigenvalue weighted by Gasteiger charge is -2.08. The van der Waals surface area contributed by atoms with Gasteiger partial charge in [0.2, 0.25) is 0 Å². The summed E-state index contributed by atoms with van der Waals surface area (Å²) in [5, 5.41) is 10.6. The van der Waals surface area contributed by atoms with Gasteiger partial charge in [0, 0.05) is 26.7 Å². The molecule has 0 aliphatic rings. The predicted molar refractivity (Wildman–Crippen MR) is 76.2 cm³/mol. The van der Waals surface area contributed by atoms with Crippen molar-refractivity contribution in [1.82, 2.24) is 0 Å². The largest absolute Gasteiger partial charge is 0.395 e. The molecule has 1 unspecified atom stereocenters. The average Bonchev–Trinajstić information content (AvgIpc) is 2.28. The van der Waals surface area contributed by atoms with Gasteiger partial charge >= 0.3 is 0 Å². The Balaban J connectivity index is 2.34. The highest BCUT2D eigenvalue weighted by Crippen LogP contribution is 2.30. The molecule has 0 spiro atoms. The van der Waals surface area contributed by atoms with Gasteiger partial charge in [-0.1, -0.05) is 30.1 Å². The van der Waals surface area contributed by atoms with Crippen LogP contribution in [0.2, 0.25) is 10.0 Å². The van der Waals surface area contributed by atoms with Crippen LogP contribution in [-0.2, 0) is 0 Å². The smallest absolute Gasteiger partial charge is 0.0547 e. The molecule has 0 heterocycles. The standard InChI is InChI=1S/C11H14Cl2OS2/c1-8(7-14)15-4-5-16-11-6-9(12)2-3-10(11)13/h2-3,6,8,14H,4-5,7H2,1H3. The first kappa shape index (κ1) is 14.5. The zero-order valence-electron chi connectivity index (χ0n) is 8.95. The van der Waals surface area contributed by atoms with E-state index in [9.17, 15) is 0 Å². The third-order valence-electron chi connectivity index (χ3n) is 1.89. The summed E-state index contributed by atoms with van der Waals surface area (Å²) in [7, 11) is 0. The van der Waals surface area contributed by atoms with E-state index in [1.807, 2.05) is 19.1 Å². The van der Waals surface area contributed by atoms with Crippen LogP contribution in [-0.4, -0.2) is 28.5 Å². The molecule has 1 rings (SSSR count). The summed E-state index contributed by atoms with van der Waals surface area (Å²) in [5.41, 5.74) is 0. The van der Waals surface area contributed by atoms with Gasteiger partial charge in [-0.2, -0.15) is 11.8 Å². The predicted octanol–water partition coefficient (Wildman–Crippen LogP) is 4.20. The SMILES string of the molecule is CC(CO)SCCSc1cc(Cl)ccc1Cl. The first-order valence-corrected chi connectivity index (χ1v) is 7.73. The van der Waals surface area contributed by atoms with Crippen molar-refractivity contribution in [1.29, 1.82) is 0 Å². The molecule has 0 fully saturated rings. The molecule has 0 saturated heterocycles. The Hall–Kier alpha value is 0.460. The number of aliphatic hydroxyl groups excluding tert-OH is 1. The van der Waals surface area contributed by atoms with E-state index in [4.69, 9.17) is 28.3 Å². The van der Waals surface area contributed by atoms with Crippen LogP contribution in [0.4, 0.5) is 0 Å². The Labute approximate surface area is 115 Å². The third kappa shape index (κ3) is 5.19. The topological polar surface area (TPSA) is 20.2 Å². The molecule has 0 saturated carbocycles. The molecular formula is C11H14Cl2OS2. The molecule has 1 N–H and O–H groups in total. The van der Waals surface area contributed by atoms with Gasteiger partial charge in [-0.15, -0.1) is 11.8 Å². The second kappa shape index (κ2) is 7.72. The Bertz CT molecular complexity index is 334. The monoisotopic (exact) mass is 296 g/mol. The number of rotatable bonds is 6. The highest BCUT2D eigenvalue weighted by molar-refractivity contribution is 8.03. The fourth-order valence-corrected chi connectivity index (χ4v) is 3.42. The Kier molecular flexibility index (Phi) is 7.01. The molecule has 0 aliphatic heterocycles. The van der Waals surface area contributed by atoms with Crippen LogP contribution in [0, 0.1) is 0 Å². The van der Waals surface area contributed by atoms with Crippen LogP contribution in [0.3, 0.4) is 0 Å². The van der Waals surface area contributed by atoms with Crippen LogP contribution in [0.15, 0.2) is 23.1 Å². The maximum absolute atomic E-state index is 8.87. The van der Waals surface area contributed by atoms with Gasteiger partial charge < -0.3 is 5.11 Å². The summed E-state index contributed by atoms with van der Waals surface area (Å²) in [6.45, 7) is 2.24. The second-order valence-corrected chi connectivity index (χ2v) is 6.81. The minimum Gasteiger partial charge on any atom is -0.395 e. The van der Waals surface area contributed by atoms with Gasteiger partial charge in [-0.05, 0) is 18.2 Å². The molecule has 0 radical (unpaired) electrons. The molecule has 1 aromatic rings. The first-order chi connectivity index (χ1) is 7.63. The lowest BCUT2D eigenvalue weighted by Crippen LogP contribution is -2.03. The van der Waals surface area contributed by atoms with Crippen molar-refractivity contribution in [3.63, 3.8) is 0 Å². The van der Waals surface area contributed by atoms with E-state index in [-0.39, 0.29) is 6.61 Å². The van der Waals surface area contributed by atoms with E-state index in [2.05, 4.69) is 0 Å². The van der Waals surface area contributed by atoms with Crippen LogP contribution in [0.1, 0.15) is 6.92 Å². The molecule has 1 aromatic carbocycles. The summed E-state index contributed by atoms with van der Waals surface area (Å²) in [4.78, 5) is 1.02. The summed E-state index contributed by atoms with van der Waals surface area (Å²) in [6.07, 6.45) is 0. The molecular weight excluding hydrogens is 283 g/mol. The molecule has 0 bridgehead atoms. The van der Waals surface area contributed by atoms with Crippen molar-refractivity contribution >= 4 is 46.7 Å². The van der Waals surface area contributed by atoms with Gasteiger partial charge in [-0.25, -0.2) is 0 Å². The quantitative estimate of drug-likeness (QED) is 0.628. The molecule has 0 aliphatic carbocycles. The minimum absolute atomic E-state index is 0.229. The summed E-state index contributed by atoms with van der Waals surface area (Å²) in [6, 6.07) is 5.49. The molecule has 1 atom stereocenters.